The molecule has 0 amide bonds. The Bertz CT molecular complexity index is 184. The summed E-state index contributed by atoms with van der Waals surface area (Å²) >= 11 is 0. The predicted molar refractivity (Wildman–Crippen MR) is 55.3 cm³/mol. The van der Waals surface area contributed by atoms with Gasteiger partial charge in [-0.25, -0.2) is 0 Å². The largest absolute Gasteiger partial charge is 0.315 e. The van der Waals surface area contributed by atoms with E-state index in [-0.39, 0.29) is 0 Å². The normalized spacial score (nSPS) is 21.8. The summed E-state index contributed by atoms with van der Waals surface area (Å²) in [5, 5.41) is 3.49. The number of hydrogen-bond donors (Lipinski definition) is 1. The van der Waals surface area contributed by atoms with Crippen LogP contribution in [0.3, 0.4) is 0 Å². The molecule has 1 heteroatoms. The van der Waals surface area contributed by atoms with E-state index >= 15 is 0 Å². The highest BCUT2D eigenvalue weighted by atomic mass is 14.9. The van der Waals surface area contributed by atoms with Crippen molar-refractivity contribution < 1.29 is 0 Å². The van der Waals surface area contributed by atoms with Crippen molar-refractivity contribution in [1.29, 1.82) is 0 Å². The van der Waals surface area contributed by atoms with Gasteiger partial charge in [0.25, 0.3) is 0 Å². The van der Waals surface area contributed by atoms with Crippen molar-refractivity contribution in [3.05, 3.63) is 0 Å². The van der Waals surface area contributed by atoms with Crippen molar-refractivity contribution >= 4 is 0 Å². The van der Waals surface area contributed by atoms with Gasteiger partial charge in [-0.2, -0.15) is 0 Å². The summed E-state index contributed by atoms with van der Waals surface area (Å²) in [6, 6.07) is 0. The van der Waals surface area contributed by atoms with Gasteiger partial charge in [-0.1, -0.05) is 0 Å². The molecule has 1 N–H and O–H groups in total. The zero-order valence-corrected chi connectivity index (χ0v) is 8.26. The van der Waals surface area contributed by atoms with E-state index in [1.165, 1.54) is 32.2 Å². The van der Waals surface area contributed by atoms with Gasteiger partial charge >= 0.3 is 0 Å². The van der Waals surface area contributed by atoms with Crippen molar-refractivity contribution in [2.24, 2.45) is 17.8 Å². The monoisotopic (exact) mass is 177 g/mol. The van der Waals surface area contributed by atoms with E-state index in [1.807, 2.05) is 0 Å². The Morgan fingerprint density at radius 2 is 1.85 bits per heavy atom. The lowest BCUT2D eigenvalue weighted by molar-refractivity contribution is 0.381. The fourth-order valence-corrected chi connectivity index (χ4v) is 2.20. The molecule has 13 heavy (non-hydrogen) atoms. The molecule has 0 aromatic heterocycles. The lowest BCUT2D eigenvalue weighted by atomic mass is 9.98. The maximum Gasteiger partial charge on any atom is 0.0211 e. The SMILES string of the molecule is C#CCCNCC(C1CC1)C1CC1. The molecule has 2 aliphatic rings. The summed E-state index contributed by atoms with van der Waals surface area (Å²) < 4.78 is 0. The zero-order valence-electron chi connectivity index (χ0n) is 8.26. The molecular weight excluding hydrogens is 158 g/mol. The Balaban J connectivity index is 1.62. The minimum Gasteiger partial charge on any atom is -0.315 e. The third-order valence-electron chi connectivity index (χ3n) is 3.28. The number of nitrogens with one attached hydrogen (secondary N) is 1. The molecule has 72 valence electrons. The third-order valence-corrected chi connectivity index (χ3v) is 3.28. The van der Waals surface area contributed by atoms with E-state index in [2.05, 4.69) is 11.2 Å². The second kappa shape index (κ2) is 4.15. The van der Waals surface area contributed by atoms with Gasteiger partial charge < -0.3 is 5.32 Å². The lowest BCUT2D eigenvalue weighted by Crippen LogP contribution is -2.26. The van der Waals surface area contributed by atoms with Crippen LogP contribution in [-0.4, -0.2) is 13.1 Å². The van der Waals surface area contributed by atoms with Crippen LogP contribution in [0.1, 0.15) is 32.1 Å². The first-order valence-corrected chi connectivity index (χ1v) is 5.56. The van der Waals surface area contributed by atoms with Crippen molar-refractivity contribution in [2.45, 2.75) is 32.1 Å². The average molecular weight is 177 g/mol. The van der Waals surface area contributed by atoms with E-state index < -0.39 is 0 Å². The minimum atomic E-state index is 0.877. The van der Waals surface area contributed by atoms with Gasteiger partial charge in [0, 0.05) is 13.0 Å². The fourth-order valence-electron chi connectivity index (χ4n) is 2.20. The van der Waals surface area contributed by atoms with Gasteiger partial charge in [0.15, 0.2) is 0 Å². The van der Waals surface area contributed by atoms with Crippen molar-refractivity contribution in [3.8, 4) is 12.3 Å². The summed E-state index contributed by atoms with van der Waals surface area (Å²) in [5.74, 6) is 5.77. The summed E-state index contributed by atoms with van der Waals surface area (Å²) in [6.07, 6.45) is 12.0. The molecule has 0 saturated heterocycles. The average Bonchev–Trinajstić information content (AvgIpc) is 2.99. The first-order chi connectivity index (χ1) is 6.42. The van der Waals surface area contributed by atoms with E-state index in [1.54, 1.807) is 0 Å². The standard InChI is InChI=1S/C12H19N/c1-2-3-8-13-9-12(10-4-5-10)11-6-7-11/h1,10-13H,3-9H2. The minimum absolute atomic E-state index is 0.877. The zero-order chi connectivity index (χ0) is 9.10. The van der Waals surface area contributed by atoms with Gasteiger partial charge in [0.05, 0.1) is 0 Å². The highest BCUT2D eigenvalue weighted by molar-refractivity contribution is 4.92. The van der Waals surface area contributed by atoms with E-state index in [0.29, 0.717) is 0 Å². The molecule has 0 aliphatic heterocycles. The molecule has 0 heterocycles. The Morgan fingerprint density at radius 3 is 2.31 bits per heavy atom. The van der Waals surface area contributed by atoms with Crippen LogP contribution in [0, 0.1) is 30.1 Å². The molecule has 1 nitrogen and oxygen atoms in total. The third kappa shape index (κ3) is 2.74. The van der Waals surface area contributed by atoms with Gasteiger partial charge in [-0.3, -0.25) is 0 Å². The van der Waals surface area contributed by atoms with Gasteiger partial charge in [-0.05, 0) is 50.0 Å². The van der Waals surface area contributed by atoms with E-state index in [9.17, 15) is 0 Å². The number of hydrogen-bond acceptors (Lipinski definition) is 1. The van der Waals surface area contributed by atoms with Crippen molar-refractivity contribution in [3.63, 3.8) is 0 Å². The van der Waals surface area contributed by atoms with Crippen LogP contribution in [0.15, 0.2) is 0 Å². The molecule has 2 rings (SSSR count). The molecule has 0 atom stereocenters. The van der Waals surface area contributed by atoms with Crippen LogP contribution >= 0.6 is 0 Å². The Hall–Kier alpha value is -0.480. The summed E-state index contributed by atoms with van der Waals surface area (Å²) in [7, 11) is 0. The maximum absolute atomic E-state index is 5.20. The molecule has 0 bridgehead atoms. The first kappa shape index (κ1) is 9.09. The van der Waals surface area contributed by atoms with Crippen molar-refractivity contribution in [1.82, 2.24) is 5.32 Å². The maximum atomic E-state index is 5.20. The number of rotatable bonds is 6. The molecule has 0 radical (unpaired) electrons. The Kier molecular flexibility index (Phi) is 2.90. The second-order valence-electron chi connectivity index (χ2n) is 4.50. The number of terminal acetylenes is 1. The molecule has 0 spiro atoms. The molecule has 2 aliphatic carbocycles. The predicted octanol–water partition coefficient (Wildman–Crippen LogP) is 2.04. The molecule has 0 aromatic rings. The first-order valence-electron chi connectivity index (χ1n) is 5.56. The lowest BCUT2D eigenvalue weighted by Gasteiger charge is -2.15. The fraction of sp³-hybridized carbons (Fsp3) is 0.833. The van der Waals surface area contributed by atoms with Crippen LogP contribution in [0.4, 0.5) is 0 Å². The van der Waals surface area contributed by atoms with E-state index in [0.717, 1.165) is 30.7 Å². The smallest absolute Gasteiger partial charge is 0.0211 e. The van der Waals surface area contributed by atoms with Crippen molar-refractivity contribution in [2.75, 3.05) is 13.1 Å². The molecule has 2 saturated carbocycles. The molecule has 0 unspecified atom stereocenters. The summed E-state index contributed by atoms with van der Waals surface area (Å²) in [4.78, 5) is 0. The highest BCUT2D eigenvalue weighted by Gasteiger charge is 2.40. The Labute approximate surface area is 81.3 Å². The van der Waals surface area contributed by atoms with Gasteiger partial charge in [0.1, 0.15) is 0 Å². The van der Waals surface area contributed by atoms with Crippen LogP contribution in [0.2, 0.25) is 0 Å². The quantitative estimate of drug-likeness (QED) is 0.483. The molecule has 2 fully saturated rings. The second-order valence-corrected chi connectivity index (χ2v) is 4.50. The van der Waals surface area contributed by atoms with Crippen LogP contribution < -0.4 is 5.32 Å². The summed E-state index contributed by atoms with van der Waals surface area (Å²) in [6.45, 7) is 2.23. The van der Waals surface area contributed by atoms with Gasteiger partial charge in [-0.15, -0.1) is 12.3 Å². The van der Waals surface area contributed by atoms with Crippen LogP contribution in [0.25, 0.3) is 0 Å². The topological polar surface area (TPSA) is 12.0 Å². The highest BCUT2D eigenvalue weighted by Crippen LogP contribution is 2.48. The molecule has 0 aromatic carbocycles. The van der Waals surface area contributed by atoms with Crippen LogP contribution in [-0.2, 0) is 0 Å². The van der Waals surface area contributed by atoms with Gasteiger partial charge in [0.2, 0.25) is 0 Å². The molecular formula is C12H19N. The Morgan fingerprint density at radius 1 is 1.23 bits per heavy atom. The van der Waals surface area contributed by atoms with E-state index in [4.69, 9.17) is 6.42 Å². The summed E-state index contributed by atoms with van der Waals surface area (Å²) in [5.41, 5.74) is 0. The van der Waals surface area contributed by atoms with Crippen LogP contribution in [0.5, 0.6) is 0 Å².